The molecule has 1 aromatic carbocycles. The highest BCUT2D eigenvalue weighted by atomic mass is 19.1. The maximum absolute atomic E-state index is 12.7. The number of benzene rings is 1. The quantitative estimate of drug-likeness (QED) is 0.860. The van der Waals surface area contributed by atoms with Gasteiger partial charge in [-0.15, -0.1) is 0 Å². The van der Waals surface area contributed by atoms with Crippen molar-refractivity contribution in [2.75, 3.05) is 13.2 Å². The van der Waals surface area contributed by atoms with Crippen LogP contribution in [0.5, 0.6) is 5.75 Å². The van der Waals surface area contributed by atoms with E-state index in [-0.39, 0.29) is 30.4 Å². The van der Waals surface area contributed by atoms with Gasteiger partial charge >= 0.3 is 0 Å². The standard InChI is InChI=1S/C15H16FN3O3/c1-11-8-17-10-19(15(11)21)7-6-18-14(20)9-22-13-4-2-12(16)3-5-13/h2-5,8,10H,6-7,9H2,1H3,(H,18,20). The molecule has 0 aliphatic carbocycles. The predicted molar refractivity (Wildman–Crippen MR) is 78.1 cm³/mol. The van der Waals surface area contributed by atoms with Crippen molar-refractivity contribution in [2.24, 2.45) is 0 Å². The summed E-state index contributed by atoms with van der Waals surface area (Å²) in [5.41, 5.74) is 0.417. The molecule has 1 heterocycles. The number of carbonyl (C=O) groups excluding carboxylic acids is 1. The van der Waals surface area contributed by atoms with E-state index in [0.29, 0.717) is 17.9 Å². The van der Waals surface area contributed by atoms with Crippen molar-refractivity contribution >= 4 is 5.91 Å². The minimum Gasteiger partial charge on any atom is -0.484 e. The molecular weight excluding hydrogens is 289 g/mol. The van der Waals surface area contributed by atoms with Gasteiger partial charge in [0.1, 0.15) is 11.6 Å². The number of hydrogen-bond donors (Lipinski definition) is 1. The number of nitrogens with one attached hydrogen (secondary N) is 1. The summed E-state index contributed by atoms with van der Waals surface area (Å²) in [5.74, 6) is -0.275. The van der Waals surface area contributed by atoms with Crippen molar-refractivity contribution in [3.8, 4) is 5.75 Å². The SMILES string of the molecule is Cc1cncn(CCNC(=O)COc2ccc(F)cc2)c1=O. The van der Waals surface area contributed by atoms with Gasteiger partial charge in [0.15, 0.2) is 6.61 Å². The van der Waals surface area contributed by atoms with Crippen LogP contribution in [0.25, 0.3) is 0 Å². The second-order valence-electron chi connectivity index (χ2n) is 4.67. The van der Waals surface area contributed by atoms with Crippen molar-refractivity contribution in [1.29, 1.82) is 0 Å². The second-order valence-corrected chi connectivity index (χ2v) is 4.67. The molecule has 22 heavy (non-hydrogen) atoms. The molecule has 0 radical (unpaired) electrons. The van der Waals surface area contributed by atoms with E-state index in [1.54, 1.807) is 6.92 Å². The monoisotopic (exact) mass is 305 g/mol. The number of nitrogens with zero attached hydrogens (tertiary/aromatic N) is 2. The van der Waals surface area contributed by atoms with Gasteiger partial charge in [-0.05, 0) is 31.2 Å². The molecule has 116 valence electrons. The minimum absolute atomic E-state index is 0.133. The summed E-state index contributed by atoms with van der Waals surface area (Å²) in [7, 11) is 0. The Labute approximate surface area is 126 Å². The maximum Gasteiger partial charge on any atom is 0.258 e. The third-order valence-electron chi connectivity index (χ3n) is 2.93. The van der Waals surface area contributed by atoms with Crippen LogP contribution in [0.15, 0.2) is 41.6 Å². The molecule has 1 amide bonds. The fraction of sp³-hybridized carbons (Fsp3) is 0.267. The third kappa shape index (κ3) is 4.41. The first kappa shape index (κ1) is 15.7. The molecule has 7 heteroatoms. The van der Waals surface area contributed by atoms with E-state index in [1.165, 1.54) is 41.4 Å². The molecule has 2 rings (SSSR count). The van der Waals surface area contributed by atoms with E-state index >= 15 is 0 Å². The van der Waals surface area contributed by atoms with E-state index in [4.69, 9.17) is 4.74 Å². The Bertz CT molecular complexity index is 698. The Balaban J connectivity index is 1.75. The molecule has 0 unspecified atom stereocenters. The van der Waals surface area contributed by atoms with Crippen LogP contribution in [0.3, 0.4) is 0 Å². The number of hydrogen-bond acceptors (Lipinski definition) is 4. The number of aromatic nitrogens is 2. The van der Waals surface area contributed by atoms with E-state index in [0.717, 1.165) is 0 Å². The molecular formula is C15H16FN3O3. The normalized spacial score (nSPS) is 10.3. The Hall–Kier alpha value is -2.70. The van der Waals surface area contributed by atoms with Crippen molar-refractivity contribution in [3.05, 3.63) is 58.5 Å². The molecule has 0 saturated heterocycles. The maximum atomic E-state index is 12.7. The zero-order valence-electron chi connectivity index (χ0n) is 12.1. The zero-order valence-corrected chi connectivity index (χ0v) is 12.1. The van der Waals surface area contributed by atoms with Crippen molar-refractivity contribution in [2.45, 2.75) is 13.5 Å². The van der Waals surface area contributed by atoms with E-state index in [9.17, 15) is 14.0 Å². The molecule has 0 saturated carbocycles. The smallest absolute Gasteiger partial charge is 0.258 e. The molecule has 2 aromatic rings. The van der Waals surface area contributed by atoms with E-state index < -0.39 is 0 Å². The number of ether oxygens (including phenoxy) is 1. The fourth-order valence-corrected chi connectivity index (χ4v) is 1.77. The largest absolute Gasteiger partial charge is 0.484 e. The number of amides is 1. The number of rotatable bonds is 6. The second kappa shape index (κ2) is 7.35. The van der Waals surface area contributed by atoms with Crippen LogP contribution in [-0.2, 0) is 11.3 Å². The van der Waals surface area contributed by atoms with Crippen LogP contribution in [-0.4, -0.2) is 28.6 Å². The Morgan fingerprint density at radius 2 is 2.09 bits per heavy atom. The Morgan fingerprint density at radius 1 is 1.36 bits per heavy atom. The summed E-state index contributed by atoms with van der Waals surface area (Å²) in [6.45, 7) is 2.13. The highest BCUT2D eigenvalue weighted by Crippen LogP contribution is 2.10. The summed E-state index contributed by atoms with van der Waals surface area (Å²) in [4.78, 5) is 27.3. The minimum atomic E-state index is -0.367. The van der Waals surface area contributed by atoms with Crippen molar-refractivity contribution < 1.29 is 13.9 Å². The third-order valence-corrected chi connectivity index (χ3v) is 2.93. The van der Waals surface area contributed by atoms with Gasteiger partial charge in [-0.25, -0.2) is 9.37 Å². The molecule has 1 aromatic heterocycles. The van der Waals surface area contributed by atoms with Gasteiger partial charge in [0, 0.05) is 24.8 Å². The molecule has 6 nitrogen and oxygen atoms in total. The van der Waals surface area contributed by atoms with Crippen LogP contribution in [0.4, 0.5) is 4.39 Å². The lowest BCUT2D eigenvalue weighted by Gasteiger charge is -2.09. The molecule has 0 aliphatic rings. The van der Waals surface area contributed by atoms with E-state index in [1.807, 2.05) is 0 Å². The Kier molecular flexibility index (Phi) is 5.24. The fourth-order valence-electron chi connectivity index (χ4n) is 1.77. The number of halogens is 1. The lowest BCUT2D eigenvalue weighted by atomic mass is 10.3. The van der Waals surface area contributed by atoms with Crippen molar-refractivity contribution in [1.82, 2.24) is 14.9 Å². The zero-order chi connectivity index (χ0) is 15.9. The molecule has 0 spiro atoms. The average molecular weight is 305 g/mol. The van der Waals surface area contributed by atoms with Gasteiger partial charge in [0.25, 0.3) is 11.5 Å². The lowest BCUT2D eigenvalue weighted by molar-refractivity contribution is -0.123. The first-order valence-corrected chi connectivity index (χ1v) is 6.72. The van der Waals surface area contributed by atoms with Gasteiger partial charge in [0.2, 0.25) is 0 Å². The molecule has 0 bridgehead atoms. The average Bonchev–Trinajstić information content (AvgIpc) is 2.51. The van der Waals surface area contributed by atoms with E-state index in [2.05, 4.69) is 10.3 Å². The number of aryl methyl sites for hydroxylation is 1. The van der Waals surface area contributed by atoms with Crippen LogP contribution in [0, 0.1) is 12.7 Å². The highest BCUT2D eigenvalue weighted by molar-refractivity contribution is 5.77. The molecule has 0 atom stereocenters. The summed E-state index contributed by atoms with van der Waals surface area (Å²) < 4.78 is 19.3. The molecule has 0 aliphatic heterocycles. The van der Waals surface area contributed by atoms with Crippen molar-refractivity contribution in [3.63, 3.8) is 0 Å². The van der Waals surface area contributed by atoms with Gasteiger partial charge in [-0.3, -0.25) is 14.2 Å². The molecule has 0 fully saturated rings. The highest BCUT2D eigenvalue weighted by Gasteiger charge is 2.04. The van der Waals surface area contributed by atoms with Crippen LogP contribution in [0.2, 0.25) is 0 Å². The first-order chi connectivity index (χ1) is 10.6. The van der Waals surface area contributed by atoms with Gasteiger partial charge in [0.05, 0.1) is 6.33 Å². The topological polar surface area (TPSA) is 73.2 Å². The summed E-state index contributed by atoms with van der Waals surface area (Å²) >= 11 is 0. The first-order valence-electron chi connectivity index (χ1n) is 6.72. The molecule has 1 N–H and O–H groups in total. The summed E-state index contributed by atoms with van der Waals surface area (Å²) in [6.07, 6.45) is 2.92. The van der Waals surface area contributed by atoms with Crippen LogP contribution in [0.1, 0.15) is 5.56 Å². The van der Waals surface area contributed by atoms with Crippen LogP contribution >= 0.6 is 0 Å². The Morgan fingerprint density at radius 3 is 2.82 bits per heavy atom. The van der Waals surface area contributed by atoms with Crippen LogP contribution < -0.4 is 15.6 Å². The van der Waals surface area contributed by atoms with Gasteiger partial charge < -0.3 is 10.1 Å². The van der Waals surface area contributed by atoms with Gasteiger partial charge in [-0.1, -0.05) is 0 Å². The number of carbonyl (C=O) groups is 1. The summed E-state index contributed by atoms with van der Waals surface area (Å²) in [5, 5.41) is 2.63. The predicted octanol–water partition coefficient (Wildman–Crippen LogP) is 0.886. The van der Waals surface area contributed by atoms with Gasteiger partial charge in [-0.2, -0.15) is 0 Å². The lowest BCUT2D eigenvalue weighted by Crippen LogP contribution is -2.34. The summed E-state index contributed by atoms with van der Waals surface area (Å²) in [6, 6.07) is 5.40.